The summed E-state index contributed by atoms with van der Waals surface area (Å²) in [7, 11) is 0. The van der Waals surface area contributed by atoms with Crippen LogP contribution in [0.2, 0.25) is 0 Å². The summed E-state index contributed by atoms with van der Waals surface area (Å²) in [6.07, 6.45) is 3.22. The Balaban J connectivity index is 2.06. The smallest absolute Gasteiger partial charge is 0.408 e. The first kappa shape index (κ1) is 17.0. The molecule has 0 spiro atoms. The first-order chi connectivity index (χ1) is 10.1. The van der Waals surface area contributed by atoms with Crippen LogP contribution in [0.4, 0.5) is 4.79 Å². The molecule has 1 N–H and O–H groups in total. The van der Waals surface area contributed by atoms with Crippen molar-refractivity contribution in [1.82, 2.24) is 5.32 Å². The van der Waals surface area contributed by atoms with Gasteiger partial charge >= 0.3 is 6.09 Å². The van der Waals surface area contributed by atoms with Gasteiger partial charge in [-0.1, -0.05) is 11.1 Å². The van der Waals surface area contributed by atoms with E-state index in [4.69, 9.17) is 9.47 Å². The molecule has 0 aromatic heterocycles. The minimum Gasteiger partial charge on any atom is -0.444 e. The fraction of sp³-hybridized carbons (Fsp3) is 0.765. The number of amides is 1. The normalized spacial score (nSPS) is 25.9. The molecule has 22 heavy (non-hydrogen) atoms. The van der Waals surface area contributed by atoms with Crippen molar-refractivity contribution in [1.29, 1.82) is 0 Å². The average molecular weight is 309 g/mol. The lowest BCUT2D eigenvalue weighted by atomic mass is 9.93. The van der Waals surface area contributed by atoms with Gasteiger partial charge in [0.15, 0.2) is 5.78 Å². The molecule has 0 aromatic rings. The van der Waals surface area contributed by atoms with Crippen LogP contribution in [-0.2, 0) is 14.3 Å². The quantitative estimate of drug-likeness (QED) is 0.626. The van der Waals surface area contributed by atoms with Crippen LogP contribution in [-0.4, -0.2) is 35.7 Å². The molecular weight excluding hydrogens is 282 g/mol. The zero-order chi connectivity index (χ0) is 16.5. The number of Topliss-reactive ketones (excluding diaryl/α,β-unsaturated/α-hetero) is 1. The Morgan fingerprint density at radius 2 is 2.00 bits per heavy atom. The van der Waals surface area contributed by atoms with Crippen LogP contribution in [0.15, 0.2) is 11.1 Å². The lowest BCUT2D eigenvalue weighted by Gasteiger charge is -2.24. The Hall–Kier alpha value is -1.36. The molecule has 1 heterocycles. The van der Waals surface area contributed by atoms with E-state index < -0.39 is 23.3 Å². The summed E-state index contributed by atoms with van der Waals surface area (Å²) in [6.45, 7) is 9.72. The number of hydrogen-bond donors (Lipinski definition) is 1. The fourth-order valence-corrected chi connectivity index (χ4v) is 2.76. The van der Waals surface area contributed by atoms with Crippen molar-refractivity contribution in [2.75, 3.05) is 6.61 Å². The number of alkyl carbamates (subject to hydrolysis) is 1. The van der Waals surface area contributed by atoms with Crippen molar-refractivity contribution in [2.24, 2.45) is 0 Å². The maximum Gasteiger partial charge on any atom is 0.408 e. The summed E-state index contributed by atoms with van der Waals surface area (Å²) in [5.41, 5.74) is 1.29. The second kappa shape index (κ2) is 6.03. The molecule has 0 bridgehead atoms. The number of ketones is 1. The van der Waals surface area contributed by atoms with Gasteiger partial charge in [0.05, 0.1) is 12.6 Å². The van der Waals surface area contributed by atoms with E-state index in [1.165, 1.54) is 11.1 Å². The molecule has 2 rings (SSSR count). The van der Waals surface area contributed by atoms with Crippen molar-refractivity contribution >= 4 is 11.9 Å². The molecular formula is C17H27NO4. The molecule has 0 saturated carbocycles. The van der Waals surface area contributed by atoms with E-state index in [0.29, 0.717) is 13.0 Å². The third-order valence-corrected chi connectivity index (χ3v) is 4.19. The number of ether oxygens (including phenoxy) is 2. The van der Waals surface area contributed by atoms with Crippen LogP contribution < -0.4 is 5.32 Å². The lowest BCUT2D eigenvalue weighted by Crippen LogP contribution is -2.47. The lowest BCUT2D eigenvalue weighted by molar-refractivity contribution is -0.125. The summed E-state index contributed by atoms with van der Waals surface area (Å²) < 4.78 is 10.5. The number of allylic oxidation sites excluding steroid dienone is 1. The molecule has 1 fully saturated rings. The van der Waals surface area contributed by atoms with Crippen molar-refractivity contribution in [2.45, 2.75) is 77.5 Å². The van der Waals surface area contributed by atoms with Crippen LogP contribution in [0, 0.1) is 0 Å². The van der Waals surface area contributed by atoms with Crippen molar-refractivity contribution in [3.05, 3.63) is 11.1 Å². The van der Waals surface area contributed by atoms with Crippen LogP contribution >= 0.6 is 0 Å². The molecule has 5 heteroatoms. The molecule has 124 valence electrons. The van der Waals surface area contributed by atoms with E-state index in [-0.39, 0.29) is 5.78 Å². The van der Waals surface area contributed by atoms with Gasteiger partial charge < -0.3 is 14.8 Å². The molecule has 1 aliphatic heterocycles. The Labute approximate surface area is 132 Å². The zero-order valence-corrected chi connectivity index (χ0v) is 14.2. The highest BCUT2D eigenvalue weighted by atomic mass is 16.6. The number of carbonyl (C=O) groups is 2. The predicted octanol–water partition coefficient (Wildman–Crippen LogP) is 3.13. The highest BCUT2D eigenvalue weighted by Crippen LogP contribution is 2.33. The van der Waals surface area contributed by atoms with Gasteiger partial charge in [-0.05, 0) is 60.3 Å². The first-order valence-corrected chi connectivity index (χ1v) is 7.96. The van der Waals surface area contributed by atoms with E-state index in [9.17, 15) is 9.59 Å². The molecule has 0 radical (unpaired) electrons. The number of hydrogen-bond acceptors (Lipinski definition) is 4. The number of epoxide rings is 1. The van der Waals surface area contributed by atoms with Crippen LogP contribution in [0.5, 0.6) is 0 Å². The monoisotopic (exact) mass is 309 g/mol. The Kier molecular flexibility index (Phi) is 4.66. The highest BCUT2D eigenvalue weighted by Gasteiger charge is 2.50. The van der Waals surface area contributed by atoms with Crippen molar-refractivity contribution < 1.29 is 19.1 Å². The van der Waals surface area contributed by atoms with Gasteiger partial charge in [0.1, 0.15) is 11.2 Å². The van der Waals surface area contributed by atoms with E-state index in [1.807, 2.05) is 0 Å². The molecule has 5 nitrogen and oxygen atoms in total. The third kappa shape index (κ3) is 4.32. The minimum atomic E-state index is -0.743. The van der Waals surface area contributed by atoms with E-state index in [2.05, 4.69) is 12.2 Å². The SMILES string of the molecule is CC1=C(CC(NC(=O)OC(C)(C)C)C(=O)C2(C)CO2)CCC1. The van der Waals surface area contributed by atoms with E-state index in [1.54, 1.807) is 27.7 Å². The summed E-state index contributed by atoms with van der Waals surface area (Å²) >= 11 is 0. The number of rotatable bonds is 5. The largest absolute Gasteiger partial charge is 0.444 e. The zero-order valence-electron chi connectivity index (χ0n) is 14.2. The van der Waals surface area contributed by atoms with Crippen molar-refractivity contribution in [3.8, 4) is 0 Å². The van der Waals surface area contributed by atoms with Gasteiger partial charge in [-0.2, -0.15) is 0 Å². The second-order valence-corrected chi connectivity index (χ2v) is 7.52. The highest BCUT2D eigenvalue weighted by molar-refractivity contribution is 5.96. The molecule has 2 aliphatic rings. The maximum atomic E-state index is 12.6. The molecule has 1 saturated heterocycles. The predicted molar refractivity (Wildman–Crippen MR) is 83.7 cm³/mol. The number of nitrogens with one attached hydrogen (secondary N) is 1. The third-order valence-electron chi connectivity index (χ3n) is 4.19. The fourth-order valence-electron chi connectivity index (χ4n) is 2.76. The number of carbonyl (C=O) groups excluding carboxylic acids is 2. The van der Waals surface area contributed by atoms with Gasteiger partial charge in [0.2, 0.25) is 0 Å². The topological polar surface area (TPSA) is 67.9 Å². The summed E-state index contributed by atoms with van der Waals surface area (Å²) in [5, 5.41) is 2.74. The second-order valence-electron chi connectivity index (χ2n) is 7.52. The minimum absolute atomic E-state index is 0.0643. The van der Waals surface area contributed by atoms with Gasteiger partial charge in [-0.15, -0.1) is 0 Å². The summed E-state index contributed by atoms with van der Waals surface area (Å²) in [4.78, 5) is 24.6. The molecule has 2 atom stereocenters. The standard InChI is InChI=1S/C17H27NO4/c1-11-7-6-8-12(11)9-13(14(19)17(5)10-21-17)18-15(20)22-16(2,3)4/h13H,6-10H2,1-5H3,(H,18,20). The van der Waals surface area contributed by atoms with Crippen LogP contribution in [0.25, 0.3) is 0 Å². The van der Waals surface area contributed by atoms with Gasteiger partial charge in [-0.3, -0.25) is 4.79 Å². The maximum absolute atomic E-state index is 12.6. The van der Waals surface area contributed by atoms with Crippen LogP contribution in [0.3, 0.4) is 0 Å². The van der Waals surface area contributed by atoms with E-state index in [0.717, 1.165) is 19.3 Å². The molecule has 0 aromatic carbocycles. The molecule has 1 aliphatic carbocycles. The Bertz CT molecular complexity index is 497. The summed E-state index contributed by atoms with van der Waals surface area (Å²) in [6, 6.07) is -0.578. The van der Waals surface area contributed by atoms with Crippen LogP contribution in [0.1, 0.15) is 60.3 Å². The molecule has 1 amide bonds. The Morgan fingerprint density at radius 1 is 1.36 bits per heavy atom. The van der Waals surface area contributed by atoms with Gasteiger partial charge in [0.25, 0.3) is 0 Å². The van der Waals surface area contributed by atoms with E-state index >= 15 is 0 Å². The summed E-state index contributed by atoms with van der Waals surface area (Å²) in [5.74, 6) is -0.0643. The first-order valence-electron chi connectivity index (χ1n) is 7.96. The van der Waals surface area contributed by atoms with Gasteiger partial charge in [0, 0.05) is 0 Å². The van der Waals surface area contributed by atoms with Crippen molar-refractivity contribution in [3.63, 3.8) is 0 Å². The Morgan fingerprint density at radius 3 is 2.45 bits per heavy atom. The molecule has 2 unspecified atom stereocenters. The van der Waals surface area contributed by atoms with Gasteiger partial charge in [-0.25, -0.2) is 4.79 Å². The average Bonchev–Trinajstić information content (AvgIpc) is 3.00.